The van der Waals surface area contributed by atoms with E-state index in [9.17, 15) is 8.42 Å². The first-order valence-corrected chi connectivity index (χ1v) is 8.72. The third-order valence-corrected chi connectivity index (χ3v) is 5.58. The molecule has 0 radical (unpaired) electrons. The predicted octanol–water partition coefficient (Wildman–Crippen LogP) is 2.05. The van der Waals surface area contributed by atoms with Crippen molar-refractivity contribution in [2.75, 3.05) is 13.1 Å². The molecule has 2 rings (SSSR count). The van der Waals surface area contributed by atoms with Crippen molar-refractivity contribution in [3.8, 4) is 0 Å². The molecule has 4 nitrogen and oxygen atoms in total. The molecule has 0 aliphatic heterocycles. The summed E-state index contributed by atoms with van der Waals surface area (Å²) in [5.74, 6) is 0. The number of hydrogen-bond acceptors (Lipinski definition) is 3. The third kappa shape index (κ3) is 3.81. The van der Waals surface area contributed by atoms with Crippen LogP contribution in [0.2, 0.25) is 0 Å². The van der Waals surface area contributed by atoms with E-state index >= 15 is 0 Å². The van der Waals surface area contributed by atoms with Gasteiger partial charge in [0, 0.05) is 6.54 Å². The third-order valence-electron chi connectivity index (χ3n) is 4.17. The molecule has 1 aromatic carbocycles. The Balaban J connectivity index is 2.02. The Morgan fingerprint density at radius 1 is 1.20 bits per heavy atom. The molecule has 0 heterocycles. The van der Waals surface area contributed by atoms with Gasteiger partial charge in [0.25, 0.3) is 0 Å². The highest BCUT2D eigenvalue weighted by molar-refractivity contribution is 7.89. The maximum absolute atomic E-state index is 12.3. The highest BCUT2D eigenvalue weighted by atomic mass is 32.2. The number of sulfonamides is 1. The van der Waals surface area contributed by atoms with E-state index in [-0.39, 0.29) is 5.41 Å². The van der Waals surface area contributed by atoms with Gasteiger partial charge in [-0.1, -0.05) is 31.9 Å². The van der Waals surface area contributed by atoms with Crippen molar-refractivity contribution in [3.05, 3.63) is 29.8 Å². The SMILES string of the molecule is CC1(CNS(=O)(=O)c2ccc(CCN)cc2)CCCC1. The molecule has 1 fully saturated rings. The Morgan fingerprint density at radius 3 is 2.35 bits per heavy atom. The van der Waals surface area contributed by atoms with Gasteiger partial charge in [-0.05, 0) is 48.9 Å². The quantitative estimate of drug-likeness (QED) is 0.844. The normalized spacial score (nSPS) is 18.3. The van der Waals surface area contributed by atoms with Crippen molar-refractivity contribution < 1.29 is 8.42 Å². The molecule has 3 N–H and O–H groups in total. The topological polar surface area (TPSA) is 72.2 Å². The number of rotatable bonds is 6. The van der Waals surface area contributed by atoms with Crippen LogP contribution in [0.15, 0.2) is 29.2 Å². The molecule has 1 aliphatic rings. The van der Waals surface area contributed by atoms with Crippen LogP contribution in [0.3, 0.4) is 0 Å². The van der Waals surface area contributed by atoms with Crippen LogP contribution >= 0.6 is 0 Å². The molecular weight excluding hydrogens is 272 g/mol. The summed E-state index contributed by atoms with van der Waals surface area (Å²) in [5, 5.41) is 0. The van der Waals surface area contributed by atoms with E-state index in [1.165, 1.54) is 12.8 Å². The monoisotopic (exact) mass is 296 g/mol. The van der Waals surface area contributed by atoms with Gasteiger partial charge < -0.3 is 5.73 Å². The van der Waals surface area contributed by atoms with Crippen LogP contribution in [-0.4, -0.2) is 21.5 Å². The summed E-state index contributed by atoms with van der Waals surface area (Å²) >= 11 is 0. The molecule has 112 valence electrons. The molecular formula is C15H24N2O2S. The van der Waals surface area contributed by atoms with Crippen molar-refractivity contribution in [2.24, 2.45) is 11.1 Å². The maximum atomic E-state index is 12.3. The highest BCUT2D eigenvalue weighted by Crippen LogP contribution is 2.36. The van der Waals surface area contributed by atoms with Crippen LogP contribution in [0, 0.1) is 5.41 Å². The van der Waals surface area contributed by atoms with Crippen molar-refractivity contribution >= 4 is 10.0 Å². The van der Waals surface area contributed by atoms with E-state index in [4.69, 9.17) is 5.73 Å². The molecule has 0 spiro atoms. The lowest BCUT2D eigenvalue weighted by Gasteiger charge is -2.23. The Bertz CT molecular complexity index is 531. The second-order valence-corrected chi connectivity index (χ2v) is 7.79. The minimum atomic E-state index is -3.40. The van der Waals surface area contributed by atoms with E-state index in [2.05, 4.69) is 11.6 Å². The fourth-order valence-corrected chi connectivity index (χ4v) is 3.96. The maximum Gasteiger partial charge on any atom is 0.240 e. The van der Waals surface area contributed by atoms with Gasteiger partial charge in [-0.2, -0.15) is 0 Å². The predicted molar refractivity (Wildman–Crippen MR) is 81.0 cm³/mol. The van der Waals surface area contributed by atoms with E-state index < -0.39 is 10.0 Å². The van der Waals surface area contributed by atoms with Gasteiger partial charge in [0.15, 0.2) is 0 Å². The standard InChI is InChI=1S/C15H24N2O2S/c1-15(9-2-3-10-15)12-17-20(18,19)14-6-4-13(5-7-14)8-11-16/h4-7,17H,2-3,8-12,16H2,1H3. The molecule has 0 saturated heterocycles. The van der Waals surface area contributed by atoms with Crippen molar-refractivity contribution in [2.45, 2.75) is 43.9 Å². The Kier molecular flexibility index (Phi) is 4.83. The smallest absolute Gasteiger partial charge is 0.240 e. The van der Waals surface area contributed by atoms with Crippen LogP contribution < -0.4 is 10.5 Å². The van der Waals surface area contributed by atoms with Crippen molar-refractivity contribution in [3.63, 3.8) is 0 Å². The van der Waals surface area contributed by atoms with E-state index in [0.29, 0.717) is 18.0 Å². The van der Waals surface area contributed by atoms with E-state index in [0.717, 1.165) is 24.8 Å². The number of hydrogen-bond donors (Lipinski definition) is 2. The number of benzene rings is 1. The van der Waals surface area contributed by atoms with Crippen LogP contribution in [0.5, 0.6) is 0 Å². The first-order valence-electron chi connectivity index (χ1n) is 7.24. The van der Waals surface area contributed by atoms with Gasteiger partial charge in [0.1, 0.15) is 0 Å². The molecule has 1 aromatic rings. The Labute approximate surface area is 121 Å². The molecule has 20 heavy (non-hydrogen) atoms. The lowest BCUT2D eigenvalue weighted by Crippen LogP contribution is -2.34. The number of nitrogens with one attached hydrogen (secondary N) is 1. The first-order chi connectivity index (χ1) is 9.45. The second kappa shape index (κ2) is 6.24. The molecule has 0 amide bonds. The highest BCUT2D eigenvalue weighted by Gasteiger charge is 2.30. The molecule has 0 aromatic heterocycles. The lowest BCUT2D eigenvalue weighted by atomic mass is 9.89. The number of nitrogens with two attached hydrogens (primary N) is 1. The minimum absolute atomic E-state index is 0.118. The van der Waals surface area contributed by atoms with Gasteiger partial charge >= 0.3 is 0 Å². The summed E-state index contributed by atoms with van der Waals surface area (Å²) in [4.78, 5) is 0.333. The van der Waals surface area contributed by atoms with E-state index in [1.54, 1.807) is 12.1 Å². The molecule has 0 unspecified atom stereocenters. The van der Waals surface area contributed by atoms with Gasteiger partial charge in [-0.15, -0.1) is 0 Å². The van der Waals surface area contributed by atoms with Crippen LogP contribution in [0.4, 0.5) is 0 Å². The summed E-state index contributed by atoms with van der Waals surface area (Å²) in [7, 11) is -3.40. The minimum Gasteiger partial charge on any atom is -0.330 e. The first kappa shape index (κ1) is 15.5. The van der Waals surface area contributed by atoms with Gasteiger partial charge in [-0.3, -0.25) is 0 Å². The van der Waals surface area contributed by atoms with Crippen LogP contribution in [0.25, 0.3) is 0 Å². The second-order valence-electron chi connectivity index (χ2n) is 6.02. The zero-order valence-corrected chi connectivity index (χ0v) is 12.9. The summed E-state index contributed by atoms with van der Waals surface area (Å²) in [6.07, 6.45) is 5.37. The van der Waals surface area contributed by atoms with Gasteiger partial charge in [0.05, 0.1) is 4.90 Å². The van der Waals surface area contributed by atoms with Crippen molar-refractivity contribution in [1.82, 2.24) is 4.72 Å². The van der Waals surface area contributed by atoms with Crippen molar-refractivity contribution in [1.29, 1.82) is 0 Å². The summed E-state index contributed by atoms with van der Waals surface area (Å²) < 4.78 is 27.3. The van der Waals surface area contributed by atoms with Crippen LogP contribution in [0.1, 0.15) is 38.2 Å². The van der Waals surface area contributed by atoms with Gasteiger partial charge in [-0.25, -0.2) is 13.1 Å². The fourth-order valence-electron chi connectivity index (χ4n) is 2.76. The molecule has 1 aliphatic carbocycles. The largest absolute Gasteiger partial charge is 0.330 e. The molecule has 1 saturated carbocycles. The molecule has 0 atom stereocenters. The average Bonchev–Trinajstić information content (AvgIpc) is 2.85. The Hall–Kier alpha value is -0.910. The summed E-state index contributed by atoms with van der Waals surface area (Å²) in [6, 6.07) is 6.98. The van der Waals surface area contributed by atoms with Crippen LogP contribution in [-0.2, 0) is 16.4 Å². The molecule has 0 bridgehead atoms. The van der Waals surface area contributed by atoms with Gasteiger partial charge in [0.2, 0.25) is 10.0 Å². The zero-order chi connectivity index (χ0) is 14.6. The summed E-state index contributed by atoms with van der Waals surface area (Å²) in [6.45, 7) is 3.26. The average molecular weight is 296 g/mol. The Morgan fingerprint density at radius 2 is 1.80 bits per heavy atom. The lowest BCUT2D eigenvalue weighted by molar-refractivity contribution is 0.336. The summed E-state index contributed by atoms with van der Waals surface area (Å²) in [5.41, 5.74) is 6.67. The zero-order valence-electron chi connectivity index (χ0n) is 12.1. The fraction of sp³-hybridized carbons (Fsp3) is 0.600. The van der Waals surface area contributed by atoms with E-state index in [1.807, 2.05) is 12.1 Å². The molecule has 5 heteroatoms.